The molecule has 0 aromatic heterocycles. The Morgan fingerprint density at radius 2 is 1.76 bits per heavy atom. The Morgan fingerprint density at radius 1 is 1.09 bits per heavy atom. The number of halogens is 1. The molecule has 0 aliphatic heterocycles. The predicted molar refractivity (Wildman–Crippen MR) is 140 cm³/mol. The van der Waals surface area contributed by atoms with Gasteiger partial charge in [0, 0.05) is 17.1 Å². The van der Waals surface area contributed by atoms with Crippen molar-refractivity contribution in [1.29, 1.82) is 0 Å². The molecule has 0 heterocycles. The third-order valence-corrected chi connectivity index (χ3v) is 7.39. The fraction of sp³-hybridized carbons (Fsp3) is 0.440. The van der Waals surface area contributed by atoms with Gasteiger partial charge in [-0.05, 0) is 63.4 Å². The first-order chi connectivity index (χ1) is 15.8. The Hall–Kier alpha value is -2.39. The highest BCUT2D eigenvalue weighted by atomic mass is 79.9. The second-order valence-corrected chi connectivity index (χ2v) is 11.6. The standard InChI is InChI=1S/C25H34BrN3O4S/c1-7-23(25(31)27-17(2)3)28(15-20-10-8-9-18(4)13-20)24(30)16-29(34(6,32)33)21-11-12-22(26)19(5)14-21/h8-14,17,23H,7,15-16H2,1-6H3,(H,27,31)/t23-/m1/s1. The highest BCUT2D eigenvalue weighted by Crippen LogP contribution is 2.25. The number of nitrogens with one attached hydrogen (secondary N) is 1. The number of carbonyl (C=O) groups excluding carboxylic acids is 2. The largest absolute Gasteiger partial charge is 0.352 e. The monoisotopic (exact) mass is 551 g/mol. The minimum atomic E-state index is -3.76. The van der Waals surface area contributed by atoms with Gasteiger partial charge in [0.15, 0.2) is 0 Å². The lowest BCUT2D eigenvalue weighted by Crippen LogP contribution is -2.53. The van der Waals surface area contributed by atoms with Crippen LogP contribution in [0.3, 0.4) is 0 Å². The van der Waals surface area contributed by atoms with Crippen LogP contribution in [0.1, 0.15) is 43.9 Å². The summed E-state index contributed by atoms with van der Waals surface area (Å²) in [5.74, 6) is -0.706. The lowest BCUT2D eigenvalue weighted by atomic mass is 10.1. The van der Waals surface area contributed by atoms with Gasteiger partial charge in [0.2, 0.25) is 21.8 Å². The summed E-state index contributed by atoms with van der Waals surface area (Å²) >= 11 is 3.42. The summed E-state index contributed by atoms with van der Waals surface area (Å²) in [6, 6.07) is 12.0. The van der Waals surface area contributed by atoms with E-state index in [1.807, 2.05) is 58.9 Å². The number of carbonyl (C=O) groups is 2. The smallest absolute Gasteiger partial charge is 0.244 e. The first-order valence-corrected chi connectivity index (χ1v) is 13.9. The van der Waals surface area contributed by atoms with Gasteiger partial charge in [-0.1, -0.05) is 52.7 Å². The minimum Gasteiger partial charge on any atom is -0.352 e. The number of anilines is 1. The molecule has 7 nitrogen and oxygen atoms in total. The van der Waals surface area contributed by atoms with E-state index in [4.69, 9.17) is 0 Å². The molecule has 34 heavy (non-hydrogen) atoms. The third-order valence-electron chi connectivity index (χ3n) is 5.36. The lowest BCUT2D eigenvalue weighted by molar-refractivity contribution is -0.140. The van der Waals surface area contributed by atoms with E-state index >= 15 is 0 Å². The summed E-state index contributed by atoms with van der Waals surface area (Å²) in [6.45, 7) is 9.16. The van der Waals surface area contributed by atoms with Crippen LogP contribution in [0.5, 0.6) is 0 Å². The van der Waals surface area contributed by atoms with Gasteiger partial charge in [-0.3, -0.25) is 13.9 Å². The van der Waals surface area contributed by atoms with Crippen molar-refractivity contribution in [2.24, 2.45) is 0 Å². The van der Waals surface area contributed by atoms with E-state index < -0.39 is 28.5 Å². The predicted octanol–water partition coefficient (Wildman–Crippen LogP) is 4.16. The highest BCUT2D eigenvalue weighted by molar-refractivity contribution is 9.10. The van der Waals surface area contributed by atoms with Gasteiger partial charge in [0.1, 0.15) is 12.6 Å². The molecule has 0 saturated heterocycles. The fourth-order valence-corrected chi connectivity index (χ4v) is 4.79. The Labute approximate surface area is 211 Å². The quantitative estimate of drug-likeness (QED) is 0.480. The summed E-state index contributed by atoms with van der Waals surface area (Å²) in [6.07, 6.45) is 1.47. The van der Waals surface area contributed by atoms with Crippen LogP contribution < -0.4 is 9.62 Å². The molecule has 2 rings (SSSR count). The average Bonchev–Trinajstić information content (AvgIpc) is 2.72. The highest BCUT2D eigenvalue weighted by Gasteiger charge is 2.32. The fourth-order valence-electron chi connectivity index (χ4n) is 3.71. The Balaban J connectivity index is 2.46. The number of rotatable bonds is 10. The van der Waals surface area contributed by atoms with Gasteiger partial charge in [-0.25, -0.2) is 8.42 Å². The molecule has 0 bridgehead atoms. The molecule has 0 aliphatic carbocycles. The van der Waals surface area contributed by atoms with Crippen molar-refractivity contribution in [3.05, 3.63) is 63.6 Å². The van der Waals surface area contributed by atoms with Crippen molar-refractivity contribution < 1.29 is 18.0 Å². The van der Waals surface area contributed by atoms with Crippen molar-refractivity contribution in [2.75, 3.05) is 17.1 Å². The van der Waals surface area contributed by atoms with E-state index in [9.17, 15) is 18.0 Å². The number of sulfonamides is 1. The van der Waals surface area contributed by atoms with Crippen LogP contribution in [0.2, 0.25) is 0 Å². The molecule has 186 valence electrons. The maximum atomic E-state index is 13.6. The second kappa shape index (κ2) is 11.8. The van der Waals surface area contributed by atoms with Gasteiger partial charge in [-0.15, -0.1) is 0 Å². The minimum absolute atomic E-state index is 0.0873. The van der Waals surface area contributed by atoms with Crippen LogP contribution in [0.25, 0.3) is 0 Å². The Morgan fingerprint density at radius 3 is 2.29 bits per heavy atom. The molecule has 0 radical (unpaired) electrons. The van der Waals surface area contributed by atoms with Crippen LogP contribution in [0.4, 0.5) is 5.69 Å². The third kappa shape index (κ3) is 7.56. The number of amides is 2. The molecule has 0 aliphatic rings. The molecule has 0 fully saturated rings. The SMILES string of the molecule is CC[C@H](C(=O)NC(C)C)N(Cc1cccc(C)c1)C(=O)CN(c1ccc(Br)c(C)c1)S(C)(=O)=O. The van der Waals surface area contributed by atoms with Crippen LogP contribution in [0, 0.1) is 13.8 Å². The molecular formula is C25H34BrN3O4S. The van der Waals surface area contributed by atoms with Crippen molar-refractivity contribution in [2.45, 2.75) is 59.7 Å². The lowest BCUT2D eigenvalue weighted by Gasteiger charge is -2.33. The summed E-state index contributed by atoms with van der Waals surface area (Å²) in [5.41, 5.74) is 3.15. The van der Waals surface area contributed by atoms with Crippen molar-refractivity contribution >= 4 is 43.5 Å². The zero-order valence-corrected chi connectivity index (χ0v) is 23.0. The normalized spacial score (nSPS) is 12.4. The van der Waals surface area contributed by atoms with Crippen LogP contribution >= 0.6 is 15.9 Å². The average molecular weight is 553 g/mol. The Kier molecular flexibility index (Phi) is 9.70. The van der Waals surface area contributed by atoms with Crippen LogP contribution in [-0.2, 0) is 26.2 Å². The second-order valence-electron chi connectivity index (χ2n) is 8.80. The molecule has 9 heteroatoms. The van der Waals surface area contributed by atoms with Gasteiger partial charge in [0.05, 0.1) is 11.9 Å². The van der Waals surface area contributed by atoms with E-state index in [2.05, 4.69) is 21.2 Å². The first-order valence-electron chi connectivity index (χ1n) is 11.2. The molecule has 2 aromatic carbocycles. The summed E-state index contributed by atoms with van der Waals surface area (Å²) in [7, 11) is -3.76. The molecule has 1 N–H and O–H groups in total. The molecule has 0 spiro atoms. The number of benzene rings is 2. The molecule has 0 saturated carbocycles. The molecule has 2 amide bonds. The van der Waals surface area contributed by atoms with Crippen LogP contribution in [-0.4, -0.2) is 50.0 Å². The van der Waals surface area contributed by atoms with E-state index in [0.29, 0.717) is 12.1 Å². The maximum absolute atomic E-state index is 13.6. The summed E-state index contributed by atoms with van der Waals surface area (Å²) in [4.78, 5) is 28.1. The number of aryl methyl sites for hydroxylation is 2. The molecule has 1 atom stereocenters. The van der Waals surface area contributed by atoms with Crippen molar-refractivity contribution in [3.8, 4) is 0 Å². The van der Waals surface area contributed by atoms with Crippen LogP contribution in [0.15, 0.2) is 46.9 Å². The summed E-state index contributed by atoms with van der Waals surface area (Å²) in [5, 5.41) is 2.89. The topological polar surface area (TPSA) is 86.8 Å². The maximum Gasteiger partial charge on any atom is 0.244 e. The molecule has 2 aromatic rings. The van der Waals surface area contributed by atoms with Gasteiger partial charge in [0.25, 0.3) is 0 Å². The van der Waals surface area contributed by atoms with Crippen molar-refractivity contribution in [1.82, 2.24) is 10.2 Å². The van der Waals surface area contributed by atoms with Crippen molar-refractivity contribution in [3.63, 3.8) is 0 Å². The molecular weight excluding hydrogens is 518 g/mol. The number of hydrogen-bond acceptors (Lipinski definition) is 4. The van der Waals surface area contributed by atoms with Gasteiger partial charge < -0.3 is 10.2 Å². The number of hydrogen-bond donors (Lipinski definition) is 1. The molecule has 0 unspecified atom stereocenters. The van der Waals surface area contributed by atoms with E-state index in [-0.39, 0.29) is 18.5 Å². The van der Waals surface area contributed by atoms with Gasteiger partial charge >= 0.3 is 0 Å². The number of nitrogens with zero attached hydrogens (tertiary/aromatic N) is 2. The van der Waals surface area contributed by atoms with E-state index in [1.165, 1.54) is 4.90 Å². The summed E-state index contributed by atoms with van der Waals surface area (Å²) < 4.78 is 27.3. The zero-order chi connectivity index (χ0) is 25.6. The van der Waals surface area contributed by atoms with E-state index in [1.54, 1.807) is 18.2 Å². The first kappa shape index (κ1) is 27.9. The zero-order valence-electron chi connectivity index (χ0n) is 20.6. The van der Waals surface area contributed by atoms with E-state index in [0.717, 1.165) is 31.7 Å². The van der Waals surface area contributed by atoms with Gasteiger partial charge in [-0.2, -0.15) is 0 Å². The Bertz CT molecular complexity index is 1130.